The second-order valence-corrected chi connectivity index (χ2v) is 5.44. The van der Waals surface area contributed by atoms with Crippen molar-refractivity contribution in [1.82, 2.24) is 0 Å². The Hall–Kier alpha value is -1.07. The minimum Gasteiger partial charge on any atom is -0.491 e. The second kappa shape index (κ2) is 6.20. The monoisotopic (exact) mass is 316 g/mol. The van der Waals surface area contributed by atoms with Crippen LogP contribution in [0.5, 0.6) is 5.75 Å². The predicted octanol–water partition coefficient (Wildman–Crippen LogP) is 2.52. The summed E-state index contributed by atoms with van der Waals surface area (Å²) in [6.45, 7) is 3.72. The maximum atomic E-state index is 11.5. The Labute approximate surface area is 115 Å². The molecule has 0 aliphatic carbocycles. The number of carbonyl (C=O) groups is 1. The lowest BCUT2D eigenvalue weighted by molar-refractivity contribution is -0.152. The van der Waals surface area contributed by atoms with Crippen molar-refractivity contribution < 1.29 is 19.4 Å². The van der Waals surface area contributed by atoms with Crippen LogP contribution < -0.4 is 4.74 Å². The Morgan fingerprint density at radius 2 is 2.11 bits per heavy atom. The number of aliphatic hydroxyl groups is 1. The van der Waals surface area contributed by atoms with Crippen LogP contribution in [0.15, 0.2) is 22.7 Å². The molecule has 4 nitrogen and oxygen atoms in total. The fourth-order valence-corrected chi connectivity index (χ4v) is 1.89. The van der Waals surface area contributed by atoms with E-state index in [0.717, 1.165) is 10.0 Å². The first-order valence-corrected chi connectivity index (χ1v) is 6.30. The summed E-state index contributed by atoms with van der Waals surface area (Å²) < 4.78 is 11.0. The molecule has 1 rings (SSSR count). The van der Waals surface area contributed by atoms with Crippen molar-refractivity contribution >= 4 is 21.9 Å². The third-order valence-electron chi connectivity index (χ3n) is 2.51. The van der Waals surface area contributed by atoms with E-state index in [2.05, 4.69) is 15.9 Å². The van der Waals surface area contributed by atoms with E-state index in [-0.39, 0.29) is 19.2 Å². The van der Waals surface area contributed by atoms with Crippen molar-refractivity contribution in [2.24, 2.45) is 5.41 Å². The van der Waals surface area contributed by atoms with Crippen molar-refractivity contribution in [3.63, 3.8) is 0 Å². The molecule has 0 radical (unpaired) electrons. The molecule has 0 heterocycles. The number of benzene rings is 1. The quantitative estimate of drug-likeness (QED) is 0.848. The average molecular weight is 317 g/mol. The standard InChI is InChI=1S/C13H17BrO4/c1-13(2,12(16)17-3)8-18-11-5-4-9(7-15)6-10(11)14/h4-6,15H,7-8H2,1-3H3. The molecule has 0 aliphatic rings. The van der Waals surface area contributed by atoms with Gasteiger partial charge in [0.1, 0.15) is 12.4 Å². The van der Waals surface area contributed by atoms with Crippen LogP contribution >= 0.6 is 15.9 Å². The van der Waals surface area contributed by atoms with E-state index in [0.29, 0.717) is 5.75 Å². The van der Waals surface area contributed by atoms with Gasteiger partial charge in [0, 0.05) is 0 Å². The molecule has 0 bridgehead atoms. The molecule has 0 aliphatic heterocycles. The molecule has 100 valence electrons. The predicted molar refractivity (Wildman–Crippen MR) is 71.4 cm³/mol. The average Bonchev–Trinajstić information content (AvgIpc) is 2.36. The zero-order chi connectivity index (χ0) is 13.8. The summed E-state index contributed by atoms with van der Waals surface area (Å²) >= 11 is 3.36. The van der Waals surface area contributed by atoms with Crippen LogP contribution in [-0.2, 0) is 16.1 Å². The summed E-state index contributed by atoms with van der Waals surface area (Å²) in [7, 11) is 1.36. The lowest BCUT2D eigenvalue weighted by Crippen LogP contribution is -2.32. The highest BCUT2D eigenvalue weighted by Gasteiger charge is 2.29. The molecular weight excluding hydrogens is 300 g/mol. The molecule has 1 N–H and O–H groups in total. The van der Waals surface area contributed by atoms with Crippen LogP contribution in [-0.4, -0.2) is 24.8 Å². The first-order chi connectivity index (χ1) is 8.40. The first-order valence-electron chi connectivity index (χ1n) is 5.51. The topological polar surface area (TPSA) is 55.8 Å². The number of hydrogen-bond acceptors (Lipinski definition) is 4. The molecule has 1 aromatic rings. The highest BCUT2D eigenvalue weighted by molar-refractivity contribution is 9.10. The summed E-state index contributed by atoms with van der Waals surface area (Å²) in [6.07, 6.45) is 0. The van der Waals surface area contributed by atoms with E-state index in [1.54, 1.807) is 32.0 Å². The molecule has 0 spiro atoms. The van der Waals surface area contributed by atoms with E-state index in [1.807, 2.05) is 0 Å². The Morgan fingerprint density at radius 1 is 1.44 bits per heavy atom. The van der Waals surface area contributed by atoms with Gasteiger partial charge in [0.05, 0.1) is 23.6 Å². The molecule has 0 amide bonds. The highest BCUT2D eigenvalue weighted by Crippen LogP contribution is 2.28. The van der Waals surface area contributed by atoms with Crippen molar-refractivity contribution in [2.45, 2.75) is 20.5 Å². The first kappa shape index (κ1) is 15.0. The molecule has 5 heteroatoms. The Balaban J connectivity index is 2.72. The SMILES string of the molecule is COC(=O)C(C)(C)COc1ccc(CO)cc1Br. The molecule has 0 saturated carbocycles. The minimum absolute atomic E-state index is 0.0213. The van der Waals surface area contributed by atoms with Gasteiger partial charge in [0.15, 0.2) is 0 Å². The van der Waals surface area contributed by atoms with Gasteiger partial charge in [0.2, 0.25) is 0 Å². The molecule has 0 fully saturated rings. The Morgan fingerprint density at radius 3 is 2.61 bits per heavy atom. The number of hydrogen-bond donors (Lipinski definition) is 1. The second-order valence-electron chi connectivity index (χ2n) is 4.59. The number of halogens is 1. The number of rotatable bonds is 5. The Kier molecular flexibility index (Phi) is 5.16. The molecule has 0 aromatic heterocycles. The van der Waals surface area contributed by atoms with Crippen molar-refractivity contribution in [2.75, 3.05) is 13.7 Å². The van der Waals surface area contributed by atoms with E-state index >= 15 is 0 Å². The van der Waals surface area contributed by atoms with E-state index in [4.69, 9.17) is 14.6 Å². The molecule has 0 unspecified atom stereocenters. The minimum atomic E-state index is -0.705. The van der Waals surface area contributed by atoms with Gasteiger partial charge in [0.25, 0.3) is 0 Å². The number of aliphatic hydroxyl groups excluding tert-OH is 1. The van der Waals surface area contributed by atoms with Crippen LogP contribution in [0.2, 0.25) is 0 Å². The van der Waals surface area contributed by atoms with Crippen molar-refractivity contribution in [1.29, 1.82) is 0 Å². The van der Waals surface area contributed by atoms with Gasteiger partial charge in [-0.05, 0) is 47.5 Å². The lowest BCUT2D eigenvalue weighted by Gasteiger charge is -2.22. The molecule has 1 aromatic carbocycles. The summed E-state index contributed by atoms with van der Waals surface area (Å²) in [5, 5.41) is 8.99. The molecule has 0 saturated heterocycles. The number of ether oxygens (including phenoxy) is 2. The van der Waals surface area contributed by atoms with Gasteiger partial charge >= 0.3 is 5.97 Å². The fourth-order valence-electron chi connectivity index (χ4n) is 1.35. The summed E-state index contributed by atoms with van der Waals surface area (Å²) in [5.74, 6) is 0.315. The van der Waals surface area contributed by atoms with Gasteiger partial charge in [-0.2, -0.15) is 0 Å². The molecule has 18 heavy (non-hydrogen) atoms. The maximum absolute atomic E-state index is 11.5. The van der Waals surface area contributed by atoms with E-state index in [1.165, 1.54) is 7.11 Å². The summed E-state index contributed by atoms with van der Waals surface area (Å²) in [5.41, 5.74) is 0.0885. The third kappa shape index (κ3) is 3.71. The summed E-state index contributed by atoms with van der Waals surface area (Å²) in [6, 6.07) is 5.30. The highest BCUT2D eigenvalue weighted by atomic mass is 79.9. The third-order valence-corrected chi connectivity index (χ3v) is 3.13. The van der Waals surface area contributed by atoms with Crippen LogP contribution in [0, 0.1) is 5.41 Å². The van der Waals surface area contributed by atoms with Crippen LogP contribution in [0.4, 0.5) is 0 Å². The Bertz CT molecular complexity index is 429. The zero-order valence-corrected chi connectivity index (χ0v) is 12.3. The van der Waals surface area contributed by atoms with Crippen LogP contribution in [0.25, 0.3) is 0 Å². The van der Waals surface area contributed by atoms with Gasteiger partial charge in [-0.3, -0.25) is 4.79 Å². The maximum Gasteiger partial charge on any atom is 0.314 e. The molecular formula is C13H17BrO4. The lowest BCUT2D eigenvalue weighted by atomic mass is 9.95. The van der Waals surface area contributed by atoms with Gasteiger partial charge in [-0.25, -0.2) is 0 Å². The van der Waals surface area contributed by atoms with E-state index < -0.39 is 5.41 Å². The number of carbonyl (C=O) groups excluding carboxylic acids is 1. The van der Waals surface area contributed by atoms with Gasteiger partial charge in [-0.15, -0.1) is 0 Å². The number of esters is 1. The molecule has 0 atom stereocenters. The smallest absolute Gasteiger partial charge is 0.314 e. The van der Waals surface area contributed by atoms with Crippen molar-refractivity contribution in [3.05, 3.63) is 28.2 Å². The van der Waals surface area contributed by atoms with E-state index in [9.17, 15) is 4.79 Å². The van der Waals surface area contributed by atoms with Crippen LogP contribution in [0.1, 0.15) is 19.4 Å². The number of methoxy groups -OCH3 is 1. The van der Waals surface area contributed by atoms with Crippen LogP contribution in [0.3, 0.4) is 0 Å². The van der Waals surface area contributed by atoms with Gasteiger partial charge < -0.3 is 14.6 Å². The van der Waals surface area contributed by atoms with Crippen molar-refractivity contribution in [3.8, 4) is 5.75 Å². The van der Waals surface area contributed by atoms with Gasteiger partial charge in [-0.1, -0.05) is 6.07 Å². The fraction of sp³-hybridized carbons (Fsp3) is 0.462. The normalized spacial score (nSPS) is 11.2. The zero-order valence-electron chi connectivity index (χ0n) is 10.7. The summed E-state index contributed by atoms with van der Waals surface area (Å²) in [4.78, 5) is 11.5. The largest absolute Gasteiger partial charge is 0.491 e.